The van der Waals surface area contributed by atoms with Crippen molar-refractivity contribution in [2.24, 2.45) is 0 Å². The molecule has 0 spiro atoms. The van der Waals surface area contributed by atoms with Crippen LogP contribution in [0.5, 0.6) is 0 Å². The molecule has 0 aliphatic heterocycles. The van der Waals surface area contributed by atoms with Gasteiger partial charge in [-0.15, -0.1) is 0 Å². The van der Waals surface area contributed by atoms with E-state index in [4.69, 9.17) is 5.73 Å². The minimum Gasteiger partial charge on any atom is -0.397 e. The average molecular weight is 299 g/mol. The molecule has 0 saturated carbocycles. The van der Waals surface area contributed by atoms with Crippen molar-refractivity contribution in [3.05, 3.63) is 18.2 Å². The summed E-state index contributed by atoms with van der Waals surface area (Å²) in [6.45, 7) is 4.31. The van der Waals surface area contributed by atoms with Crippen molar-refractivity contribution in [3.63, 3.8) is 0 Å². The van der Waals surface area contributed by atoms with Gasteiger partial charge in [0, 0.05) is 12.8 Å². The minimum atomic E-state index is -3.29. The van der Waals surface area contributed by atoms with Gasteiger partial charge in [-0.2, -0.15) is 0 Å². The summed E-state index contributed by atoms with van der Waals surface area (Å²) in [5.74, 6) is -0.126. The predicted octanol–water partition coefficient (Wildman–Crippen LogP) is 0.999. The fraction of sp³-hybridized carbons (Fsp3) is 0.462. The van der Waals surface area contributed by atoms with Gasteiger partial charge in [0.2, 0.25) is 5.91 Å². The van der Waals surface area contributed by atoms with Crippen LogP contribution in [0.15, 0.2) is 23.1 Å². The van der Waals surface area contributed by atoms with Gasteiger partial charge in [-0.25, -0.2) is 8.42 Å². The largest absolute Gasteiger partial charge is 0.397 e. The Bertz CT molecular complexity index is 585. The van der Waals surface area contributed by atoms with Crippen molar-refractivity contribution >= 4 is 27.1 Å². The Hall–Kier alpha value is -1.76. The van der Waals surface area contributed by atoms with Gasteiger partial charge >= 0.3 is 0 Å². The molecule has 0 saturated heterocycles. The number of amides is 1. The van der Waals surface area contributed by atoms with E-state index >= 15 is 0 Å². The molecule has 0 heterocycles. The van der Waals surface area contributed by atoms with E-state index in [0.717, 1.165) is 12.7 Å². The molecule has 1 amide bonds. The number of benzene rings is 1. The Morgan fingerprint density at radius 1 is 1.40 bits per heavy atom. The first-order valence-electron chi connectivity index (χ1n) is 6.39. The lowest BCUT2D eigenvalue weighted by Gasteiger charge is -2.16. The lowest BCUT2D eigenvalue weighted by Crippen LogP contribution is -2.38. The third-order valence-corrected chi connectivity index (χ3v) is 3.88. The first-order chi connectivity index (χ1) is 9.25. The normalized spacial score (nSPS) is 12.8. The topological polar surface area (TPSA) is 101 Å². The van der Waals surface area contributed by atoms with Gasteiger partial charge in [0.15, 0.2) is 9.84 Å². The van der Waals surface area contributed by atoms with Gasteiger partial charge < -0.3 is 16.4 Å². The van der Waals surface area contributed by atoms with E-state index in [1.807, 2.05) is 6.92 Å². The molecule has 112 valence electrons. The van der Waals surface area contributed by atoms with Crippen LogP contribution in [-0.4, -0.2) is 33.2 Å². The molecule has 1 aromatic rings. The van der Waals surface area contributed by atoms with Gasteiger partial charge in [-0.1, -0.05) is 6.92 Å². The minimum absolute atomic E-state index is 0.126. The molecule has 1 atom stereocenters. The number of sulfone groups is 1. The fourth-order valence-electron chi connectivity index (χ4n) is 1.60. The van der Waals surface area contributed by atoms with Crippen molar-refractivity contribution in [2.75, 3.05) is 23.9 Å². The molecular weight excluding hydrogens is 278 g/mol. The molecule has 6 nitrogen and oxygen atoms in total. The second-order valence-corrected chi connectivity index (χ2v) is 6.69. The highest BCUT2D eigenvalue weighted by molar-refractivity contribution is 7.90. The third kappa shape index (κ3) is 4.41. The highest BCUT2D eigenvalue weighted by Crippen LogP contribution is 2.23. The highest BCUT2D eigenvalue weighted by Gasteiger charge is 2.14. The van der Waals surface area contributed by atoms with Crippen molar-refractivity contribution in [1.82, 2.24) is 5.32 Å². The van der Waals surface area contributed by atoms with E-state index in [1.165, 1.54) is 12.1 Å². The summed E-state index contributed by atoms with van der Waals surface area (Å²) in [6, 6.07) is 3.96. The molecule has 1 aromatic carbocycles. The average Bonchev–Trinajstić information content (AvgIpc) is 2.36. The zero-order chi connectivity index (χ0) is 15.3. The maximum atomic E-state index is 11.7. The molecule has 0 aliphatic carbocycles. The first kappa shape index (κ1) is 16.3. The molecule has 4 N–H and O–H groups in total. The molecule has 0 bridgehead atoms. The van der Waals surface area contributed by atoms with E-state index in [1.54, 1.807) is 13.0 Å². The van der Waals surface area contributed by atoms with Crippen molar-refractivity contribution in [2.45, 2.75) is 31.2 Å². The quantitative estimate of drug-likeness (QED) is 0.680. The summed E-state index contributed by atoms with van der Waals surface area (Å²) in [5, 5.41) is 5.73. The third-order valence-electron chi connectivity index (χ3n) is 2.77. The van der Waals surface area contributed by atoms with Crippen LogP contribution in [0.4, 0.5) is 11.4 Å². The van der Waals surface area contributed by atoms with E-state index in [9.17, 15) is 13.2 Å². The van der Waals surface area contributed by atoms with Crippen molar-refractivity contribution in [3.8, 4) is 0 Å². The Labute approximate surface area is 119 Å². The number of nitrogen functional groups attached to an aromatic ring is 1. The van der Waals surface area contributed by atoms with Crippen LogP contribution in [0, 0.1) is 0 Å². The highest BCUT2D eigenvalue weighted by atomic mass is 32.2. The zero-order valence-electron chi connectivity index (χ0n) is 11.9. The SMILES string of the molecule is CCCNC(=O)C(C)Nc1ccc(S(C)(=O)=O)cc1N. The van der Waals surface area contributed by atoms with Gasteiger partial charge in [0.05, 0.1) is 16.3 Å². The maximum absolute atomic E-state index is 11.7. The van der Waals surface area contributed by atoms with Crippen LogP contribution >= 0.6 is 0 Å². The van der Waals surface area contributed by atoms with E-state index in [-0.39, 0.29) is 10.8 Å². The Morgan fingerprint density at radius 2 is 2.05 bits per heavy atom. The molecular formula is C13H21N3O3S. The summed E-state index contributed by atoms with van der Waals surface area (Å²) in [4.78, 5) is 11.9. The van der Waals surface area contributed by atoms with Crippen molar-refractivity contribution < 1.29 is 13.2 Å². The standard InChI is InChI=1S/C13H21N3O3S/c1-4-7-15-13(17)9(2)16-12-6-5-10(8-11(12)14)20(3,18)19/h5-6,8-9,16H,4,7,14H2,1-3H3,(H,15,17). The molecule has 20 heavy (non-hydrogen) atoms. The second-order valence-electron chi connectivity index (χ2n) is 4.68. The fourth-order valence-corrected chi connectivity index (χ4v) is 2.26. The van der Waals surface area contributed by atoms with Gasteiger partial charge in [-0.05, 0) is 31.5 Å². The van der Waals surface area contributed by atoms with Crippen LogP contribution in [0.2, 0.25) is 0 Å². The molecule has 1 unspecified atom stereocenters. The summed E-state index contributed by atoms with van der Waals surface area (Å²) in [5.41, 5.74) is 6.64. The van der Waals surface area contributed by atoms with Crippen LogP contribution in [0.25, 0.3) is 0 Å². The number of nitrogens with one attached hydrogen (secondary N) is 2. The molecule has 0 radical (unpaired) electrons. The number of nitrogens with two attached hydrogens (primary N) is 1. The van der Waals surface area contributed by atoms with Crippen LogP contribution < -0.4 is 16.4 Å². The summed E-state index contributed by atoms with van der Waals surface area (Å²) >= 11 is 0. The maximum Gasteiger partial charge on any atom is 0.242 e. The second kappa shape index (κ2) is 6.60. The van der Waals surface area contributed by atoms with E-state index in [0.29, 0.717) is 17.9 Å². The molecule has 0 fully saturated rings. The van der Waals surface area contributed by atoms with E-state index < -0.39 is 15.9 Å². The Morgan fingerprint density at radius 3 is 2.55 bits per heavy atom. The lowest BCUT2D eigenvalue weighted by molar-refractivity contribution is -0.121. The molecule has 0 aromatic heterocycles. The molecule has 7 heteroatoms. The summed E-state index contributed by atoms with van der Waals surface area (Å²) < 4.78 is 22.8. The number of carbonyl (C=O) groups is 1. The molecule has 0 aliphatic rings. The van der Waals surface area contributed by atoms with Gasteiger partial charge in [-0.3, -0.25) is 4.79 Å². The Balaban J connectivity index is 2.81. The van der Waals surface area contributed by atoms with Gasteiger partial charge in [0.1, 0.15) is 6.04 Å². The van der Waals surface area contributed by atoms with Crippen LogP contribution in [0.1, 0.15) is 20.3 Å². The molecule has 1 rings (SSSR count). The monoisotopic (exact) mass is 299 g/mol. The number of hydrogen-bond donors (Lipinski definition) is 3. The number of rotatable bonds is 6. The first-order valence-corrected chi connectivity index (χ1v) is 8.28. The summed E-state index contributed by atoms with van der Waals surface area (Å²) in [7, 11) is -3.29. The Kier molecular flexibility index (Phi) is 5.38. The summed E-state index contributed by atoms with van der Waals surface area (Å²) in [6.07, 6.45) is 1.99. The smallest absolute Gasteiger partial charge is 0.242 e. The van der Waals surface area contributed by atoms with Crippen molar-refractivity contribution in [1.29, 1.82) is 0 Å². The lowest BCUT2D eigenvalue weighted by atomic mass is 10.2. The number of carbonyl (C=O) groups excluding carboxylic acids is 1. The van der Waals surface area contributed by atoms with Crippen LogP contribution in [-0.2, 0) is 14.6 Å². The van der Waals surface area contributed by atoms with Crippen LogP contribution in [0.3, 0.4) is 0 Å². The number of hydrogen-bond acceptors (Lipinski definition) is 5. The van der Waals surface area contributed by atoms with Gasteiger partial charge in [0.25, 0.3) is 0 Å². The van der Waals surface area contributed by atoms with E-state index in [2.05, 4.69) is 10.6 Å². The zero-order valence-corrected chi connectivity index (χ0v) is 12.8. The predicted molar refractivity (Wildman–Crippen MR) is 80.3 cm³/mol. The number of anilines is 2.